The van der Waals surface area contributed by atoms with Crippen LogP contribution in [0.15, 0.2) is 41.3 Å². The van der Waals surface area contributed by atoms with E-state index < -0.39 is 9.84 Å². The van der Waals surface area contributed by atoms with Gasteiger partial charge in [-0.1, -0.05) is 12.8 Å². The van der Waals surface area contributed by atoms with Crippen LogP contribution in [0.5, 0.6) is 17.2 Å². The zero-order valence-corrected chi connectivity index (χ0v) is 17.4. The highest BCUT2D eigenvalue weighted by Gasteiger charge is 2.40. The van der Waals surface area contributed by atoms with E-state index in [1.165, 1.54) is 25.2 Å². The largest absolute Gasteiger partial charge is 0.508 e. The Bertz CT molecular complexity index is 979. The number of ether oxygens (including phenoxy) is 1. The highest BCUT2D eigenvalue weighted by atomic mass is 32.2. The molecular weight excluding hydrogens is 390 g/mol. The molecule has 6 nitrogen and oxygen atoms in total. The molecule has 0 saturated carbocycles. The number of phenolic OH excluding ortho intramolecular Hbond substituents is 2. The van der Waals surface area contributed by atoms with E-state index in [4.69, 9.17) is 4.74 Å². The topological polar surface area (TPSA) is 87.1 Å². The van der Waals surface area contributed by atoms with Gasteiger partial charge in [0.15, 0.2) is 9.84 Å². The van der Waals surface area contributed by atoms with Crippen molar-refractivity contribution < 1.29 is 23.4 Å². The lowest BCUT2D eigenvalue weighted by Gasteiger charge is -2.32. The lowest BCUT2D eigenvalue weighted by Crippen LogP contribution is -2.40. The lowest BCUT2D eigenvalue weighted by molar-refractivity contribution is 0.0799. The Kier molecular flexibility index (Phi) is 5.44. The first-order valence-corrected chi connectivity index (χ1v) is 12.0. The summed E-state index contributed by atoms with van der Waals surface area (Å²) in [6, 6.07) is 9.52. The predicted octanol–water partition coefficient (Wildman–Crippen LogP) is 3.42. The molecule has 0 radical (unpaired) electrons. The molecule has 0 unspecified atom stereocenters. The molecule has 1 saturated heterocycles. The van der Waals surface area contributed by atoms with Crippen molar-refractivity contribution in [3.63, 3.8) is 0 Å². The summed E-state index contributed by atoms with van der Waals surface area (Å²) in [4.78, 5) is 2.68. The first-order valence-electron chi connectivity index (χ1n) is 10.1. The van der Waals surface area contributed by atoms with Crippen LogP contribution in [0.2, 0.25) is 0 Å². The minimum absolute atomic E-state index is 0.0128. The molecule has 1 fully saturated rings. The summed E-state index contributed by atoms with van der Waals surface area (Å²) in [5.41, 5.74) is 1.61. The van der Waals surface area contributed by atoms with E-state index in [-0.39, 0.29) is 28.5 Å². The maximum Gasteiger partial charge on any atom is 0.175 e. The van der Waals surface area contributed by atoms with Gasteiger partial charge >= 0.3 is 0 Å². The van der Waals surface area contributed by atoms with E-state index in [1.54, 1.807) is 30.3 Å². The maximum atomic E-state index is 11.7. The van der Waals surface area contributed by atoms with Gasteiger partial charge in [0.2, 0.25) is 0 Å². The first kappa shape index (κ1) is 20.0. The minimum Gasteiger partial charge on any atom is -0.508 e. The predicted molar refractivity (Wildman–Crippen MR) is 110 cm³/mol. The van der Waals surface area contributed by atoms with Crippen LogP contribution in [0.3, 0.4) is 0 Å². The smallest absolute Gasteiger partial charge is 0.175 e. The molecule has 156 valence electrons. The van der Waals surface area contributed by atoms with E-state index in [2.05, 4.69) is 4.90 Å². The molecule has 0 bridgehead atoms. The molecule has 0 amide bonds. The van der Waals surface area contributed by atoms with Crippen LogP contribution in [0.4, 0.5) is 0 Å². The van der Waals surface area contributed by atoms with E-state index >= 15 is 0 Å². The summed E-state index contributed by atoms with van der Waals surface area (Å²) in [7, 11) is -3.27. The molecule has 2 aromatic rings. The molecule has 2 aliphatic rings. The third kappa shape index (κ3) is 4.21. The number of benzene rings is 2. The molecular formula is C22H27NO5S. The molecule has 2 atom stereocenters. The monoisotopic (exact) mass is 417 g/mol. The van der Waals surface area contributed by atoms with Gasteiger partial charge in [-0.3, -0.25) is 4.90 Å². The van der Waals surface area contributed by atoms with Crippen molar-refractivity contribution in [3.05, 3.63) is 47.5 Å². The van der Waals surface area contributed by atoms with Crippen LogP contribution in [0.1, 0.15) is 42.9 Å². The fourth-order valence-corrected chi connectivity index (χ4v) is 5.09. The Morgan fingerprint density at radius 3 is 2.28 bits per heavy atom. The highest BCUT2D eigenvalue weighted by Crippen LogP contribution is 2.44. The van der Waals surface area contributed by atoms with E-state index in [0.717, 1.165) is 37.1 Å². The van der Waals surface area contributed by atoms with E-state index in [0.29, 0.717) is 12.2 Å². The summed E-state index contributed by atoms with van der Waals surface area (Å²) in [5.74, 6) is 0.676. The Balaban J connectivity index is 1.67. The third-order valence-corrected chi connectivity index (χ3v) is 7.07. The van der Waals surface area contributed by atoms with Gasteiger partial charge in [0.1, 0.15) is 23.4 Å². The van der Waals surface area contributed by atoms with Crippen molar-refractivity contribution in [1.82, 2.24) is 4.90 Å². The van der Waals surface area contributed by atoms with Crippen LogP contribution < -0.4 is 4.74 Å². The summed E-state index contributed by atoms with van der Waals surface area (Å²) in [6.45, 7) is 1.97. The van der Waals surface area contributed by atoms with Gasteiger partial charge in [-0.15, -0.1) is 0 Å². The number of likely N-dealkylation sites (tertiary alicyclic amines) is 1. The van der Waals surface area contributed by atoms with Crippen LogP contribution in [0.25, 0.3) is 0 Å². The number of rotatable bonds is 4. The summed E-state index contributed by atoms with van der Waals surface area (Å²) in [5, 5.41) is 20.4. The summed E-state index contributed by atoms with van der Waals surface area (Å²) in [6.07, 6.45) is 6.22. The maximum absolute atomic E-state index is 11.7. The zero-order valence-electron chi connectivity index (χ0n) is 16.5. The molecule has 1 aliphatic carbocycles. The van der Waals surface area contributed by atoms with Gasteiger partial charge in [-0.05, 0) is 62.7 Å². The number of hydrogen-bond acceptors (Lipinski definition) is 6. The number of hydrogen-bond donors (Lipinski definition) is 2. The standard InChI is InChI=1S/C22H27NO5S/c1-29(26,27)17-8-6-16(7-9-17)28-22-19-12-15(24)13-21(25)18(19)14-20(22)23-10-4-2-3-5-11-23/h6-9,12-13,20,22,24-25H,2-5,10-11,14H2,1H3/t20-,22-/m0/s1. The average Bonchev–Trinajstić information content (AvgIpc) is 2.84. The molecule has 1 heterocycles. The second-order valence-electron chi connectivity index (χ2n) is 8.04. The molecule has 2 N–H and O–H groups in total. The van der Waals surface area contributed by atoms with Gasteiger partial charge < -0.3 is 14.9 Å². The van der Waals surface area contributed by atoms with Crippen LogP contribution in [-0.2, 0) is 16.3 Å². The van der Waals surface area contributed by atoms with Gasteiger partial charge in [0, 0.05) is 23.4 Å². The van der Waals surface area contributed by atoms with Gasteiger partial charge in [0.05, 0.1) is 10.9 Å². The van der Waals surface area contributed by atoms with Crippen molar-refractivity contribution in [1.29, 1.82) is 0 Å². The molecule has 1 aliphatic heterocycles. The average molecular weight is 418 g/mol. The second-order valence-corrected chi connectivity index (χ2v) is 10.1. The number of fused-ring (bicyclic) bond motifs is 1. The van der Waals surface area contributed by atoms with Gasteiger partial charge in [-0.2, -0.15) is 0 Å². The summed E-state index contributed by atoms with van der Waals surface area (Å²) < 4.78 is 29.8. The SMILES string of the molecule is CS(=O)(=O)c1ccc(O[C@H]2c3cc(O)cc(O)c3C[C@@H]2N2CCCCCC2)cc1. The fourth-order valence-electron chi connectivity index (χ4n) is 4.46. The first-order chi connectivity index (χ1) is 13.8. The van der Waals surface area contributed by atoms with Gasteiger partial charge in [0.25, 0.3) is 0 Å². The third-order valence-electron chi connectivity index (χ3n) is 5.94. The van der Waals surface area contributed by atoms with Gasteiger partial charge in [-0.25, -0.2) is 8.42 Å². The Labute approximate surface area is 171 Å². The molecule has 0 aromatic heterocycles. The minimum atomic E-state index is -3.27. The van der Waals surface area contributed by atoms with Crippen molar-refractivity contribution in [2.45, 2.75) is 49.1 Å². The number of aromatic hydroxyl groups is 2. The Hall–Kier alpha value is -2.25. The highest BCUT2D eigenvalue weighted by molar-refractivity contribution is 7.90. The molecule has 7 heteroatoms. The fraction of sp³-hybridized carbons (Fsp3) is 0.455. The zero-order chi connectivity index (χ0) is 20.6. The van der Waals surface area contributed by atoms with Crippen LogP contribution in [-0.4, -0.2) is 48.9 Å². The van der Waals surface area contributed by atoms with E-state index in [1.807, 2.05) is 0 Å². The number of nitrogens with zero attached hydrogens (tertiary/aromatic N) is 1. The van der Waals surface area contributed by atoms with Crippen molar-refractivity contribution in [3.8, 4) is 17.2 Å². The number of phenols is 2. The van der Waals surface area contributed by atoms with E-state index in [9.17, 15) is 18.6 Å². The molecule has 2 aromatic carbocycles. The Morgan fingerprint density at radius 1 is 1.00 bits per heavy atom. The lowest BCUT2D eigenvalue weighted by atomic mass is 10.1. The van der Waals surface area contributed by atoms with Crippen molar-refractivity contribution in [2.75, 3.05) is 19.3 Å². The normalized spacial score (nSPS) is 22.8. The Morgan fingerprint density at radius 2 is 1.66 bits per heavy atom. The quantitative estimate of drug-likeness (QED) is 0.793. The molecule has 29 heavy (non-hydrogen) atoms. The van der Waals surface area contributed by atoms with Crippen LogP contribution in [0, 0.1) is 0 Å². The van der Waals surface area contributed by atoms with Crippen molar-refractivity contribution >= 4 is 9.84 Å². The van der Waals surface area contributed by atoms with Crippen molar-refractivity contribution in [2.24, 2.45) is 0 Å². The number of sulfone groups is 1. The van der Waals surface area contributed by atoms with Crippen LogP contribution >= 0.6 is 0 Å². The summed E-state index contributed by atoms with van der Waals surface area (Å²) >= 11 is 0. The second kappa shape index (κ2) is 7.88. The molecule has 4 rings (SSSR count). The molecule has 0 spiro atoms.